The van der Waals surface area contributed by atoms with Crippen molar-refractivity contribution in [2.24, 2.45) is 0 Å². The summed E-state index contributed by atoms with van der Waals surface area (Å²) in [5, 5.41) is 1.47. The molecule has 0 N–H and O–H groups in total. The van der Waals surface area contributed by atoms with Gasteiger partial charge in [-0.1, -0.05) is 29.8 Å². The number of hydrogen-bond acceptors (Lipinski definition) is 1. The monoisotopic (exact) mass is 178 g/mol. The van der Waals surface area contributed by atoms with E-state index in [4.69, 9.17) is 4.43 Å². The Kier molecular flexibility index (Phi) is 1.63. The van der Waals surface area contributed by atoms with Gasteiger partial charge >= 0.3 is 0 Å². The molecule has 1 nitrogen and oxygen atoms in total. The van der Waals surface area contributed by atoms with Crippen LogP contribution in [0.15, 0.2) is 24.3 Å². The number of hydrogen-bond donors (Lipinski definition) is 0. The first-order valence-electron chi connectivity index (χ1n) is 4.38. The third kappa shape index (κ3) is 1.03. The van der Waals surface area contributed by atoms with Crippen molar-refractivity contribution >= 4 is 13.5 Å². The van der Waals surface area contributed by atoms with Gasteiger partial charge in [0.1, 0.15) is 0 Å². The largest absolute Gasteiger partial charge is 0.556 e. The molecule has 0 amide bonds. The zero-order chi connectivity index (χ0) is 8.77. The second-order valence-electron chi connectivity index (χ2n) is 3.86. The van der Waals surface area contributed by atoms with Crippen LogP contribution in [0.1, 0.15) is 18.6 Å². The average molecular weight is 178 g/mol. The van der Waals surface area contributed by atoms with Crippen LogP contribution in [0, 0.1) is 0 Å². The van der Waals surface area contributed by atoms with E-state index >= 15 is 0 Å². The Morgan fingerprint density at radius 1 is 1.25 bits per heavy atom. The highest BCUT2D eigenvalue weighted by atomic mass is 28.4. The first-order valence-corrected chi connectivity index (χ1v) is 7.29. The van der Waals surface area contributed by atoms with Crippen molar-refractivity contribution in [3.05, 3.63) is 29.8 Å². The lowest BCUT2D eigenvalue weighted by molar-refractivity contribution is 0.238. The molecule has 0 saturated heterocycles. The molecule has 0 aliphatic carbocycles. The second-order valence-corrected chi connectivity index (χ2v) is 7.65. The van der Waals surface area contributed by atoms with E-state index in [1.807, 2.05) is 0 Å². The third-order valence-electron chi connectivity index (χ3n) is 2.52. The molecule has 2 rings (SSSR count). The fraction of sp³-hybridized carbons (Fsp3) is 0.400. The minimum absolute atomic E-state index is 0.308. The van der Waals surface area contributed by atoms with Crippen molar-refractivity contribution in [2.45, 2.75) is 26.1 Å². The summed E-state index contributed by atoms with van der Waals surface area (Å²) in [6.45, 7) is 6.66. The van der Waals surface area contributed by atoms with Crippen LogP contribution in [0.25, 0.3) is 0 Å². The highest BCUT2D eigenvalue weighted by Crippen LogP contribution is 2.28. The minimum atomic E-state index is -1.52. The molecule has 0 saturated carbocycles. The van der Waals surface area contributed by atoms with Crippen LogP contribution in [0.3, 0.4) is 0 Å². The SMILES string of the molecule is CC1O[Si-](C)(C)c2ccccc21. The molecule has 0 spiro atoms. The van der Waals surface area contributed by atoms with Gasteiger partial charge in [-0.05, 0) is 6.92 Å². The molecule has 1 aromatic carbocycles. The Hall–Kier alpha value is -0.603. The lowest BCUT2D eigenvalue weighted by Crippen LogP contribution is -2.39. The highest BCUT2D eigenvalue weighted by Gasteiger charge is 2.25. The summed E-state index contributed by atoms with van der Waals surface area (Å²) in [7, 11) is -1.52. The minimum Gasteiger partial charge on any atom is -0.556 e. The quantitative estimate of drug-likeness (QED) is 0.553. The molecule has 1 aliphatic heterocycles. The van der Waals surface area contributed by atoms with E-state index in [2.05, 4.69) is 44.3 Å². The van der Waals surface area contributed by atoms with E-state index in [-0.39, 0.29) is 0 Å². The average Bonchev–Trinajstić information content (AvgIpc) is 2.25. The summed E-state index contributed by atoms with van der Waals surface area (Å²) < 4.78 is 5.96. The molecule has 0 aromatic heterocycles. The van der Waals surface area contributed by atoms with E-state index in [1.165, 1.54) is 10.8 Å². The Morgan fingerprint density at radius 3 is 2.58 bits per heavy atom. The number of benzene rings is 1. The van der Waals surface area contributed by atoms with Crippen molar-refractivity contribution in [2.75, 3.05) is 0 Å². The molecule has 1 heterocycles. The Labute approximate surface area is 74.5 Å². The maximum absolute atomic E-state index is 5.96. The van der Waals surface area contributed by atoms with Crippen LogP contribution in [0.5, 0.6) is 0 Å². The number of rotatable bonds is 0. The van der Waals surface area contributed by atoms with Gasteiger partial charge in [-0.2, -0.15) is 5.19 Å². The molecular weight excluding hydrogens is 164 g/mol. The van der Waals surface area contributed by atoms with E-state index in [0.717, 1.165) is 0 Å². The molecule has 0 fully saturated rings. The van der Waals surface area contributed by atoms with Crippen LogP contribution in [0.2, 0.25) is 13.1 Å². The Morgan fingerprint density at radius 2 is 1.92 bits per heavy atom. The summed E-state index contributed by atoms with van der Waals surface area (Å²) in [5.74, 6) is 0. The molecule has 12 heavy (non-hydrogen) atoms. The van der Waals surface area contributed by atoms with Crippen molar-refractivity contribution in [1.29, 1.82) is 0 Å². The van der Waals surface area contributed by atoms with Crippen LogP contribution in [-0.4, -0.2) is 8.32 Å². The molecule has 0 radical (unpaired) electrons. The van der Waals surface area contributed by atoms with E-state index in [0.29, 0.717) is 6.10 Å². The lowest BCUT2D eigenvalue weighted by atomic mass is 10.1. The zero-order valence-corrected chi connectivity index (χ0v) is 8.79. The van der Waals surface area contributed by atoms with Crippen LogP contribution >= 0.6 is 0 Å². The van der Waals surface area contributed by atoms with Crippen LogP contribution in [-0.2, 0) is 4.43 Å². The molecular formula is C10H14OSi-. The fourth-order valence-corrected chi connectivity index (χ4v) is 4.59. The van der Waals surface area contributed by atoms with Gasteiger partial charge in [0.05, 0.1) is 0 Å². The smallest absolute Gasteiger partial charge is 0.0361 e. The summed E-state index contributed by atoms with van der Waals surface area (Å²) in [6, 6.07) is 8.59. The standard InChI is InChI=1S/C10H14OSi/c1-8-9-6-4-5-7-10(9)12(2,3)11-8/h4-8H,1-3H3/q-1. The fourth-order valence-electron chi connectivity index (χ4n) is 1.97. The molecule has 1 aliphatic rings. The van der Waals surface area contributed by atoms with Crippen molar-refractivity contribution in [1.82, 2.24) is 0 Å². The molecule has 0 bridgehead atoms. The second kappa shape index (κ2) is 2.44. The molecule has 1 unspecified atom stereocenters. The molecule has 65 valence electrons. The Bertz CT molecular complexity index is 306. The molecule has 1 aromatic rings. The lowest BCUT2D eigenvalue weighted by Gasteiger charge is -2.30. The summed E-state index contributed by atoms with van der Waals surface area (Å²) in [5.41, 5.74) is 1.40. The van der Waals surface area contributed by atoms with Crippen molar-refractivity contribution in [3.63, 3.8) is 0 Å². The predicted molar refractivity (Wildman–Crippen MR) is 53.1 cm³/mol. The Balaban J connectivity index is 2.58. The maximum Gasteiger partial charge on any atom is 0.0361 e. The van der Waals surface area contributed by atoms with Gasteiger partial charge in [0, 0.05) is 14.4 Å². The van der Waals surface area contributed by atoms with Gasteiger partial charge in [-0.15, -0.1) is 13.1 Å². The maximum atomic E-state index is 5.96. The van der Waals surface area contributed by atoms with E-state index < -0.39 is 8.32 Å². The van der Waals surface area contributed by atoms with Gasteiger partial charge in [-0.3, -0.25) is 0 Å². The zero-order valence-electron chi connectivity index (χ0n) is 7.79. The van der Waals surface area contributed by atoms with Gasteiger partial charge < -0.3 is 4.43 Å². The summed E-state index contributed by atoms with van der Waals surface area (Å²) in [6.07, 6.45) is 0.308. The van der Waals surface area contributed by atoms with Crippen LogP contribution < -0.4 is 5.19 Å². The van der Waals surface area contributed by atoms with Crippen LogP contribution in [0.4, 0.5) is 0 Å². The number of fused-ring (bicyclic) bond motifs is 1. The predicted octanol–water partition coefficient (Wildman–Crippen LogP) is 2.19. The van der Waals surface area contributed by atoms with Gasteiger partial charge in [0.2, 0.25) is 0 Å². The van der Waals surface area contributed by atoms with E-state index in [1.54, 1.807) is 0 Å². The van der Waals surface area contributed by atoms with Gasteiger partial charge in [0.25, 0.3) is 0 Å². The normalized spacial score (nSPS) is 25.4. The topological polar surface area (TPSA) is 9.23 Å². The summed E-state index contributed by atoms with van der Waals surface area (Å²) in [4.78, 5) is 0. The first kappa shape index (κ1) is 8.02. The summed E-state index contributed by atoms with van der Waals surface area (Å²) >= 11 is 0. The highest BCUT2D eigenvalue weighted by molar-refractivity contribution is 6.85. The van der Waals surface area contributed by atoms with Crippen molar-refractivity contribution < 1.29 is 4.43 Å². The van der Waals surface area contributed by atoms with E-state index in [9.17, 15) is 0 Å². The molecule has 1 atom stereocenters. The van der Waals surface area contributed by atoms with Gasteiger partial charge in [-0.25, -0.2) is 0 Å². The van der Waals surface area contributed by atoms with Crippen molar-refractivity contribution in [3.8, 4) is 0 Å². The van der Waals surface area contributed by atoms with Gasteiger partial charge in [0.15, 0.2) is 0 Å². The first-order chi connectivity index (χ1) is 5.61. The molecule has 2 heteroatoms. The third-order valence-corrected chi connectivity index (χ3v) is 5.21.